The molecule has 1 fully saturated rings. The Morgan fingerprint density at radius 3 is 2.02 bits per heavy atom. The Hall–Kier alpha value is -5.31. The zero-order valence-corrected chi connectivity index (χ0v) is 26.2. The summed E-state index contributed by atoms with van der Waals surface area (Å²) in [4.78, 5) is 31.5. The van der Waals surface area contributed by atoms with Gasteiger partial charge in [0.1, 0.15) is 16.5 Å². The van der Waals surface area contributed by atoms with Gasteiger partial charge in [0.15, 0.2) is 5.57 Å². The number of benzene rings is 4. The van der Waals surface area contributed by atoms with Crippen molar-refractivity contribution >= 4 is 28.9 Å². The molecule has 5 aromatic rings. The van der Waals surface area contributed by atoms with Crippen molar-refractivity contribution in [1.82, 2.24) is 14.4 Å². The molecule has 1 aromatic heterocycles. The normalized spacial score (nSPS) is 15.0. The van der Waals surface area contributed by atoms with E-state index < -0.39 is 40.3 Å². The smallest absolute Gasteiger partial charge is 0.335 e. The quantitative estimate of drug-likeness (QED) is 0.225. The lowest BCUT2D eigenvalue weighted by molar-refractivity contribution is -0.137. The highest BCUT2D eigenvalue weighted by molar-refractivity contribution is 7.07. The molecule has 0 radical (unpaired) electrons. The van der Waals surface area contributed by atoms with Crippen molar-refractivity contribution in [2.75, 3.05) is 26.2 Å². The molecule has 11 heteroatoms. The van der Waals surface area contributed by atoms with Crippen LogP contribution in [-0.4, -0.2) is 46.5 Å². The van der Waals surface area contributed by atoms with Crippen LogP contribution in [0.5, 0.6) is 0 Å². The van der Waals surface area contributed by atoms with Crippen LogP contribution in [0.25, 0.3) is 17.3 Å². The van der Waals surface area contributed by atoms with Crippen LogP contribution in [0.1, 0.15) is 28.3 Å². The number of carbonyl (C=O) groups is 1. The van der Waals surface area contributed by atoms with Crippen LogP contribution in [0.3, 0.4) is 0 Å². The van der Waals surface area contributed by atoms with E-state index in [2.05, 4.69) is 4.90 Å². The summed E-state index contributed by atoms with van der Waals surface area (Å²) in [5.41, 5.74) is -0.474. The third-order valence-corrected chi connectivity index (χ3v) is 9.25. The number of halogens is 4. The van der Waals surface area contributed by atoms with E-state index in [1.807, 2.05) is 66.7 Å². The largest absolute Gasteiger partial charge is 0.418 e. The van der Waals surface area contributed by atoms with Gasteiger partial charge in [0.05, 0.1) is 21.8 Å². The van der Waals surface area contributed by atoms with Gasteiger partial charge in [0.2, 0.25) is 0 Å². The monoisotopic (exact) mass is 668 g/mol. The van der Waals surface area contributed by atoms with Gasteiger partial charge in [0, 0.05) is 26.2 Å². The zero-order valence-electron chi connectivity index (χ0n) is 25.4. The molecule has 48 heavy (non-hydrogen) atoms. The van der Waals surface area contributed by atoms with E-state index in [0.29, 0.717) is 30.0 Å². The summed E-state index contributed by atoms with van der Waals surface area (Å²) in [6.45, 7) is 1.42. The lowest BCUT2D eigenvalue weighted by atomic mass is 9.96. The van der Waals surface area contributed by atoms with Crippen LogP contribution < -0.4 is 14.8 Å². The Morgan fingerprint density at radius 2 is 1.44 bits per heavy atom. The number of nitrogens with zero attached hydrogens (tertiary/aromatic N) is 4. The Kier molecular flexibility index (Phi) is 9.39. The van der Waals surface area contributed by atoms with Crippen molar-refractivity contribution in [3.05, 3.63) is 157 Å². The molecule has 1 aliphatic rings. The predicted octanol–water partition coefficient (Wildman–Crippen LogP) is 5.49. The number of nitriles is 1. The third-order valence-electron chi connectivity index (χ3n) is 8.16. The fraction of sp³-hybridized carbons (Fsp3) is 0.162. The second kappa shape index (κ2) is 13.8. The zero-order chi connectivity index (χ0) is 33.8. The van der Waals surface area contributed by atoms with Crippen molar-refractivity contribution in [1.29, 1.82) is 5.26 Å². The van der Waals surface area contributed by atoms with E-state index in [4.69, 9.17) is 0 Å². The molecule has 0 spiro atoms. The fourth-order valence-electron chi connectivity index (χ4n) is 5.94. The van der Waals surface area contributed by atoms with Crippen LogP contribution in [0, 0.1) is 17.1 Å². The maximum absolute atomic E-state index is 14.2. The number of piperazine rings is 1. The Balaban J connectivity index is 1.42. The minimum Gasteiger partial charge on any atom is -0.335 e. The summed E-state index contributed by atoms with van der Waals surface area (Å²) in [5, 5.41) is 10.3. The third kappa shape index (κ3) is 6.72. The SMILES string of the molecule is N#CC(C(=O)N1CCN(C(c2ccccc2)c2ccccc2)CC1)=c1sc(=Cc2cccc(F)c2)c(=O)n1-c1ccccc1C(F)(F)F. The maximum atomic E-state index is 14.2. The van der Waals surface area contributed by atoms with Gasteiger partial charge in [-0.2, -0.15) is 18.4 Å². The second-order valence-corrected chi connectivity index (χ2v) is 12.2. The van der Waals surface area contributed by atoms with Crippen LogP contribution in [0.2, 0.25) is 0 Å². The van der Waals surface area contributed by atoms with E-state index in [1.54, 1.807) is 0 Å². The number of thiazole rings is 1. The molecule has 0 atom stereocenters. The number of alkyl halides is 3. The first-order valence-electron chi connectivity index (χ1n) is 15.1. The van der Waals surface area contributed by atoms with Crippen molar-refractivity contribution in [3.8, 4) is 11.8 Å². The first-order valence-corrected chi connectivity index (χ1v) is 15.9. The molecular weight excluding hydrogens is 640 g/mol. The summed E-state index contributed by atoms with van der Waals surface area (Å²) in [6.07, 6.45) is -3.50. The second-order valence-electron chi connectivity index (χ2n) is 11.2. The summed E-state index contributed by atoms with van der Waals surface area (Å²) < 4.78 is 56.9. The lowest BCUT2D eigenvalue weighted by Gasteiger charge is -2.39. The van der Waals surface area contributed by atoms with Gasteiger partial charge in [0.25, 0.3) is 11.5 Å². The summed E-state index contributed by atoms with van der Waals surface area (Å²) >= 11 is 0.714. The maximum Gasteiger partial charge on any atom is 0.418 e. The molecule has 0 N–H and O–H groups in total. The van der Waals surface area contributed by atoms with Gasteiger partial charge in [-0.25, -0.2) is 4.39 Å². The number of amides is 1. The van der Waals surface area contributed by atoms with Crippen LogP contribution in [0.15, 0.2) is 114 Å². The van der Waals surface area contributed by atoms with E-state index >= 15 is 0 Å². The van der Waals surface area contributed by atoms with Gasteiger partial charge in [-0.3, -0.25) is 19.1 Å². The molecule has 1 saturated heterocycles. The van der Waals surface area contributed by atoms with Gasteiger partial charge < -0.3 is 4.90 Å². The predicted molar refractivity (Wildman–Crippen MR) is 176 cm³/mol. The Labute approximate surface area is 277 Å². The highest BCUT2D eigenvalue weighted by atomic mass is 32.1. The highest BCUT2D eigenvalue weighted by Gasteiger charge is 2.35. The average molecular weight is 669 g/mol. The molecule has 6 rings (SSSR count). The number of carbonyl (C=O) groups excluding carboxylic acids is 1. The molecule has 1 amide bonds. The van der Waals surface area contributed by atoms with E-state index in [1.165, 1.54) is 47.4 Å². The highest BCUT2D eigenvalue weighted by Crippen LogP contribution is 2.33. The number of hydrogen-bond acceptors (Lipinski definition) is 5. The standard InChI is InChI=1S/C37H28F4N4O2S/c38-28-15-9-10-25(22-28)23-32-35(47)45(31-17-8-7-16-30(31)37(39,40)41)36(48-32)29(24-42)34(46)44-20-18-43(19-21-44)33(26-11-3-1-4-12-26)27-13-5-2-6-14-27/h1-17,22-23,33H,18-21H2. The summed E-state index contributed by atoms with van der Waals surface area (Å²) in [7, 11) is 0. The van der Waals surface area contributed by atoms with Gasteiger partial charge >= 0.3 is 6.18 Å². The minimum atomic E-state index is -4.83. The van der Waals surface area contributed by atoms with E-state index in [-0.39, 0.29) is 28.3 Å². The van der Waals surface area contributed by atoms with Gasteiger partial charge in [-0.1, -0.05) is 84.9 Å². The van der Waals surface area contributed by atoms with Crippen molar-refractivity contribution < 1.29 is 22.4 Å². The molecule has 2 heterocycles. The van der Waals surface area contributed by atoms with Crippen molar-refractivity contribution in [3.63, 3.8) is 0 Å². The molecule has 0 bridgehead atoms. The van der Waals surface area contributed by atoms with Crippen LogP contribution >= 0.6 is 11.3 Å². The molecule has 4 aromatic carbocycles. The van der Waals surface area contributed by atoms with Crippen LogP contribution in [-0.2, 0) is 11.0 Å². The molecule has 1 aliphatic heterocycles. The minimum absolute atomic E-state index is 0.0634. The number of rotatable bonds is 6. The molecule has 242 valence electrons. The fourth-order valence-corrected chi connectivity index (χ4v) is 7.03. The number of para-hydroxylation sites is 1. The van der Waals surface area contributed by atoms with Gasteiger partial charge in [-0.15, -0.1) is 11.3 Å². The van der Waals surface area contributed by atoms with Gasteiger partial charge in [-0.05, 0) is 47.0 Å². The first kappa shape index (κ1) is 32.6. The molecule has 6 nitrogen and oxygen atoms in total. The Morgan fingerprint density at radius 1 is 0.833 bits per heavy atom. The lowest BCUT2D eigenvalue weighted by Crippen LogP contribution is -2.50. The van der Waals surface area contributed by atoms with E-state index in [0.717, 1.165) is 27.8 Å². The molecular formula is C37H28F4N4O2S. The van der Waals surface area contributed by atoms with Crippen molar-refractivity contribution in [2.24, 2.45) is 0 Å². The average Bonchev–Trinajstić information content (AvgIpc) is 3.40. The number of aromatic nitrogens is 1. The molecule has 0 saturated carbocycles. The molecule has 0 aliphatic carbocycles. The van der Waals surface area contributed by atoms with Crippen molar-refractivity contribution in [2.45, 2.75) is 12.2 Å². The molecule has 0 unspecified atom stereocenters. The van der Waals surface area contributed by atoms with E-state index in [9.17, 15) is 32.4 Å². The topological polar surface area (TPSA) is 69.3 Å². The van der Waals surface area contributed by atoms with Crippen LogP contribution in [0.4, 0.5) is 17.6 Å². The first-order chi connectivity index (χ1) is 23.2. The number of hydrogen-bond donors (Lipinski definition) is 0. The Bertz CT molecular complexity index is 2130. The summed E-state index contributed by atoms with van der Waals surface area (Å²) in [5.74, 6) is -1.26. The summed E-state index contributed by atoms with van der Waals surface area (Å²) in [6, 6.07) is 31.6.